The third-order valence-electron chi connectivity index (χ3n) is 3.17. The monoisotopic (exact) mass is 226 g/mol. The van der Waals surface area contributed by atoms with Crippen molar-refractivity contribution in [3.8, 4) is 0 Å². The van der Waals surface area contributed by atoms with Crippen LogP contribution in [0.5, 0.6) is 0 Å². The lowest BCUT2D eigenvalue weighted by atomic mass is 9.84. The maximum atomic E-state index is 11.5. The Labute approximate surface area is 97.8 Å². The normalized spacial score (nSPS) is 20.7. The molecule has 0 bridgehead atoms. The van der Waals surface area contributed by atoms with E-state index in [0.29, 0.717) is 13.2 Å². The Hall–Kier alpha value is -0.830. The molecule has 0 aromatic carbocycles. The van der Waals surface area contributed by atoms with Crippen molar-refractivity contribution in [3.05, 3.63) is 11.1 Å². The largest absolute Gasteiger partial charge is 0.466 e. The predicted octanol–water partition coefficient (Wildman–Crippen LogP) is 2.70. The fraction of sp³-hybridized carbons (Fsp3) is 0.769. The zero-order valence-corrected chi connectivity index (χ0v) is 10.5. The van der Waals surface area contributed by atoms with Gasteiger partial charge in [-0.3, -0.25) is 4.79 Å². The summed E-state index contributed by atoms with van der Waals surface area (Å²) in [5, 5.41) is 0. The number of carbonyl (C=O) groups is 1. The van der Waals surface area contributed by atoms with E-state index in [1.54, 1.807) is 7.11 Å². The van der Waals surface area contributed by atoms with Crippen LogP contribution in [0.15, 0.2) is 11.1 Å². The van der Waals surface area contributed by atoms with E-state index in [-0.39, 0.29) is 11.9 Å². The standard InChI is InChI=1S/C13H22O3/c1-4-16-13(14)12-7-5-11(6-8-12)10(2)9-15-3/h12H,4-9H2,1-3H3. The molecule has 0 spiro atoms. The van der Waals surface area contributed by atoms with E-state index in [1.165, 1.54) is 11.1 Å². The number of hydrogen-bond acceptors (Lipinski definition) is 3. The molecule has 0 aromatic rings. The highest BCUT2D eigenvalue weighted by Crippen LogP contribution is 2.30. The summed E-state index contributed by atoms with van der Waals surface area (Å²) in [4.78, 5) is 11.5. The lowest BCUT2D eigenvalue weighted by Crippen LogP contribution is -2.21. The molecule has 3 nitrogen and oxygen atoms in total. The first-order valence-corrected chi connectivity index (χ1v) is 6.02. The van der Waals surface area contributed by atoms with Gasteiger partial charge in [0.25, 0.3) is 0 Å². The number of carbonyl (C=O) groups excluding carboxylic acids is 1. The molecule has 0 amide bonds. The zero-order chi connectivity index (χ0) is 12.0. The van der Waals surface area contributed by atoms with Crippen molar-refractivity contribution in [3.63, 3.8) is 0 Å². The van der Waals surface area contributed by atoms with Gasteiger partial charge in [-0.1, -0.05) is 5.57 Å². The van der Waals surface area contributed by atoms with E-state index in [2.05, 4.69) is 6.92 Å². The fourth-order valence-corrected chi connectivity index (χ4v) is 2.21. The molecule has 0 atom stereocenters. The first-order valence-electron chi connectivity index (χ1n) is 6.02. The summed E-state index contributed by atoms with van der Waals surface area (Å²) in [5.41, 5.74) is 2.78. The van der Waals surface area contributed by atoms with Crippen LogP contribution in [0.4, 0.5) is 0 Å². The third-order valence-corrected chi connectivity index (χ3v) is 3.17. The second-order valence-corrected chi connectivity index (χ2v) is 4.34. The van der Waals surface area contributed by atoms with Gasteiger partial charge >= 0.3 is 5.97 Å². The van der Waals surface area contributed by atoms with Gasteiger partial charge in [-0.05, 0) is 45.1 Å². The molecule has 92 valence electrons. The smallest absolute Gasteiger partial charge is 0.308 e. The lowest BCUT2D eigenvalue weighted by Gasteiger charge is -2.23. The molecule has 0 unspecified atom stereocenters. The molecule has 0 aromatic heterocycles. The van der Waals surface area contributed by atoms with E-state index in [1.807, 2.05) is 6.92 Å². The van der Waals surface area contributed by atoms with E-state index in [9.17, 15) is 4.79 Å². The first kappa shape index (κ1) is 13.2. The Morgan fingerprint density at radius 2 is 2.00 bits per heavy atom. The van der Waals surface area contributed by atoms with Crippen molar-refractivity contribution >= 4 is 5.97 Å². The maximum Gasteiger partial charge on any atom is 0.308 e. The van der Waals surface area contributed by atoms with Crippen LogP contribution in [0, 0.1) is 5.92 Å². The molecule has 0 aliphatic heterocycles. The van der Waals surface area contributed by atoms with Gasteiger partial charge in [-0.25, -0.2) is 0 Å². The van der Waals surface area contributed by atoms with Crippen molar-refractivity contribution in [1.82, 2.24) is 0 Å². The van der Waals surface area contributed by atoms with Crippen LogP contribution < -0.4 is 0 Å². The topological polar surface area (TPSA) is 35.5 Å². The lowest BCUT2D eigenvalue weighted by molar-refractivity contribution is -0.148. The average molecular weight is 226 g/mol. The van der Waals surface area contributed by atoms with Crippen molar-refractivity contribution in [2.45, 2.75) is 39.5 Å². The Balaban J connectivity index is 2.44. The highest BCUT2D eigenvalue weighted by atomic mass is 16.5. The van der Waals surface area contributed by atoms with Crippen molar-refractivity contribution < 1.29 is 14.3 Å². The van der Waals surface area contributed by atoms with Gasteiger partial charge in [0.05, 0.1) is 19.1 Å². The number of methoxy groups -OCH3 is 1. The molecule has 1 saturated carbocycles. The molecule has 0 heterocycles. The summed E-state index contributed by atoms with van der Waals surface area (Å²) in [6, 6.07) is 0. The van der Waals surface area contributed by atoms with E-state index in [4.69, 9.17) is 9.47 Å². The van der Waals surface area contributed by atoms with E-state index < -0.39 is 0 Å². The highest BCUT2D eigenvalue weighted by molar-refractivity contribution is 5.72. The van der Waals surface area contributed by atoms with Crippen molar-refractivity contribution in [2.75, 3.05) is 20.3 Å². The van der Waals surface area contributed by atoms with Gasteiger partial charge in [0, 0.05) is 7.11 Å². The summed E-state index contributed by atoms with van der Waals surface area (Å²) in [6.07, 6.45) is 3.88. The van der Waals surface area contributed by atoms with Gasteiger partial charge in [0.15, 0.2) is 0 Å². The summed E-state index contributed by atoms with van der Waals surface area (Å²) in [6.45, 7) is 5.17. The van der Waals surface area contributed by atoms with Crippen LogP contribution in [0.1, 0.15) is 39.5 Å². The van der Waals surface area contributed by atoms with Gasteiger partial charge in [0.2, 0.25) is 0 Å². The van der Waals surface area contributed by atoms with Gasteiger partial charge in [-0.15, -0.1) is 0 Å². The molecule has 16 heavy (non-hydrogen) atoms. The van der Waals surface area contributed by atoms with Gasteiger partial charge in [-0.2, -0.15) is 0 Å². The molecule has 0 saturated heterocycles. The second-order valence-electron chi connectivity index (χ2n) is 4.34. The number of allylic oxidation sites excluding steroid dienone is 1. The third kappa shape index (κ3) is 3.63. The molecule has 1 rings (SSSR count). The first-order chi connectivity index (χ1) is 7.69. The molecule has 1 fully saturated rings. The number of esters is 1. The number of rotatable bonds is 4. The van der Waals surface area contributed by atoms with Crippen LogP contribution in [-0.4, -0.2) is 26.3 Å². The zero-order valence-electron chi connectivity index (χ0n) is 10.5. The minimum atomic E-state index is -0.0223. The van der Waals surface area contributed by atoms with Crippen LogP contribution in [0.25, 0.3) is 0 Å². The quantitative estimate of drug-likeness (QED) is 0.546. The van der Waals surface area contributed by atoms with Crippen LogP contribution in [0.3, 0.4) is 0 Å². The predicted molar refractivity (Wildman–Crippen MR) is 63.2 cm³/mol. The Morgan fingerprint density at radius 1 is 1.38 bits per heavy atom. The molecule has 0 radical (unpaired) electrons. The average Bonchev–Trinajstić information content (AvgIpc) is 2.30. The van der Waals surface area contributed by atoms with Crippen LogP contribution >= 0.6 is 0 Å². The highest BCUT2D eigenvalue weighted by Gasteiger charge is 2.24. The minimum absolute atomic E-state index is 0.0223. The number of ether oxygens (including phenoxy) is 2. The molecule has 1 aliphatic rings. The Morgan fingerprint density at radius 3 is 2.50 bits per heavy atom. The van der Waals surface area contributed by atoms with Gasteiger partial charge in [0.1, 0.15) is 0 Å². The summed E-state index contributed by atoms with van der Waals surface area (Å²) in [7, 11) is 1.72. The SMILES string of the molecule is CCOC(=O)C1CCC(=C(C)COC)CC1. The summed E-state index contributed by atoms with van der Waals surface area (Å²) in [5.74, 6) is 0.0880. The van der Waals surface area contributed by atoms with Crippen LogP contribution in [0.2, 0.25) is 0 Å². The van der Waals surface area contributed by atoms with Crippen molar-refractivity contribution in [1.29, 1.82) is 0 Å². The summed E-state index contributed by atoms with van der Waals surface area (Å²) < 4.78 is 10.2. The molecule has 1 aliphatic carbocycles. The second kappa shape index (κ2) is 6.69. The maximum absolute atomic E-state index is 11.5. The summed E-state index contributed by atoms with van der Waals surface area (Å²) >= 11 is 0. The molecular weight excluding hydrogens is 204 g/mol. The molecule has 3 heteroatoms. The van der Waals surface area contributed by atoms with Crippen LogP contribution in [-0.2, 0) is 14.3 Å². The van der Waals surface area contributed by atoms with E-state index >= 15 is 0 Å². The Kier molecular flexibility index (Phi) is 5.53. The fourth-order valence-electron chi connectivity index (χ4n) is 2.21. The van der Waals surface area contributed by atoms with E-state index in [0.717, 1.165) is 25.7 Å². The molecular formula is C13H22O3. The molecule has 0 N–H and O–H groups in total. The van der Waals surface area contributed by atoms with Gasteiger partial charge < -0.3 is 9.47 Å². The Bertz CT molecular complexity index is 258. The van der Waals surface area contributed by atoms with Crippen molar-refractivity contribution in [2.24, 2.45) is 5.92 Å². The number of hydrogen-bond donors (Lipinski definition) is 0. The minimum Gasteiger partial charge on any atom is -0.466 e.